The zero-order valence-electron chi connectivity index (χ0n) is 15.5. The zero-order chi connectivity index (χ0) is 20.4. The number of fused-ring (bicyclic) bond motifs is 1. The molecular weight excluding hydrogens is 396 g/mol. The fourth-order valence-corrected chi connectivity index (χ4v) is 3.75. The number of sulfonamides is 1. The second kappa shape index (κ2) is 7.82. The van der Waals surface area contributed by atoms with E-state index >= 15 is 0 Å². The third-order valence-electron chi connectivity index (χ3n) is 4.63. The van der Waals surface area contributed by atoms with Crippen LogP contribution in [0.3, 0.4) is 0 Å². The molecule has 10 heteroatoms. The lowest BCUT2D eigenvalue weighted by molar-refractivity contribution is 0.0468. The van der Waals surface area contributed by atoms with Gasteiger partial charge in [-0.15, -0.1) is 0 Å². The number of benzene rings is 1. The molecule has 0 amide bonds. The molecule has 3 aromatic rings. The van der Waals surface area contributed by atoms with E-state index in [0.717, 1.165) is 5.65 Å². The molecule has 0 aliphatic carbocycles. The highest BCUT2D eigenvalue weighted by Crippen LogP contribution is 2.26. The molecule has 0 bridgehead atoms. The number of hydrogen-bond donors (Lipinski definition) is 1. The minimum atomic E-state index is -3.96. The number of carbonyl (C=O) groups excluding carboxylic acids is 1. The van der Waals surface area contributed by atoms with Gasteiger partial charge in [-0.25, -0.2) is 23.3 Å². The van der Waals surface area contributed by atoms with Crippen LogP contribution in [0.5, 0.6) is 0 Å². The lowest BCUT2D eigenvalue weighted by Gasteiger charge is -2.30. The van der Waals surface area contributed by atoms with Gasteiger partial charge in [0, 0.05) is 25.5 Å². The molecule has 1 aliphatic heterocycles. The summed E-state index contributed by atoms with van der Waals surface area (Å²) in [5.74, 6) is -0.644. The summed E-state index contributed by atoms with van der Waals surface area (Å²) in [5, 5.41) is 5.24. The van der Waals surface area contributed by atoms with Gasteiger partial charge in [-0.3, -0.25) is 0 Å². The van der Waals surface area contributed by atoms with Crippen LogP contribution in [0.2, 0.25) is 0 Å². The molecule has 1 saturated heterocycles. The van der Waals surface area contributed by atoms with Crippen molar-refractivity contribution in [2.24, 2.45) is 5.14 Å². The lowest BCUT2D eigenvalue weighted by atomic mass is 10.1. The predicted molar refractivity (Wildman–Crippen MR) is 105 cm³/mol. The van der Waals surface area contributed by atoms with Crippen molar-refractivity contribution in [2.75, 3.05) is 31.2 Å². The summed E-state index contributed by atoms with van der Waals surface area (Å²) in [5.41, 5.74) is 2.05. The van der Waals surface area contributed by atoms with Gasteiger partial charge >= 0.3 is 5.97 Å². The van der Waals surface area contributed by atoms with Crippen molar-refractivity contribution < 1.29 is 22.7 Å². The van der Waals surface area contributed by atoms with Crippen LogP contribution in [-0.2, 0) is 26.1 Å². The summed E-state index contributed by atoms with van der Waals surface area (Å²) in [6, 6.07) is 9.80. The van der Waals surface area contributed by atoms with Gasteiger partial charge in [0.1, 0.15) is 12.3 Å². The fraction of sp³-hybridized carbons (Fsp3) is 0.263. The Morgan fingerprint density at radius 2 is 2.00 bits per heavy atom. The quantitative estimate of drug-likeness (QED) is 0.621. The number of aromatic nitrogens is 2. The van der Waals surface area contributed by atoms with Crippen molar-refractivity contribution in [3.63, 3.8) is 0 Å². The Morgan fingerprint density at radius 3 is 2.72 bits per heavy atom. The van der Waals surface area contributed by atoms with E-state index in [1.165, 1.54) is 12.1 Å². The van der Waals surface area contributed by atoms with Gasteiger partial charge in [-0.2, -0.15) is 0 Å². The van der Waals surface area contributed by atoms with Crippen LogP contribution >= 0.6 is 0 Å². The van der Waals surface area contributed by atoms with Crippen molar-refractivity contribution >= 4 is 27.3 Å². The van der Waals surface area contributed by atoms with E-state index in [1.807, 2.05) is 33.7 Å². The van der Waals surface area contributed by atoms with Crippen molar-refractivity contribution in [3.8, 4) is 0 Å². The molecule has 2 N–H and O–H groups in total. The first-order valence-corrected chi connectivity index (χ1v) is 10.6. The van der Waals surface area contributed by atoms with Gasteiger partial charge in [-0.05, 0) is 30.3 Å². The lowest BCUT2D eigenvalue weighted by Crippen LogP contribution is -2.37. The molecule has 1 aliphatic rings. The van der Waals surface area contributed by atoms with Crippen LogP contribution in [0.4, 0.5) is 5.69 Å². The van der Waals surface area contributed by atoms with Gasteiger partial charge in [-0.1, -0.05) is 6.07 Å². The zero-order valence-corrected chi connectivity index (χ0v) is 16.3. The van der Waals surface area contributed by atoms with E-state index in [0.29, 0.717) is 37.7 Å². The van der Waals surface area contributed by atoms with Gasteiger partial charge in [0.15, 0.2) is 0 Å². The summed E-state index contributed by atoms with van der Waals surface area (Å²) in [4.78, 5) is 19.0. The number of ether oxygens (including phenoxy) is 2. The summed E-state index contributed by atoms with van der Waals surface area (Å²) >= 11 is 0. The molecule has 0 atom stereocenters. The standard InChI is InChI=1S/C19H20N4O5S/c20-29(25,26)15-4-5-17(22-7-9-27-10-8-22)16(11-15)19(24)28-13-14-12-23-6-2-1-3-18(23)21-14/h1-6,11-12H,7-10,13H2,(H2,20,25,26). The predicted octanol–water partition coefficient (Wildman–Crippen LogP) is 1.18. The Bertz CT molecular complexity index is 1120. The first-order chi connectivity index (χ1) is 13.9. The number of primary sulfonamides is 1. The van der Waals surface area contributed by atoms with Crippen LogP contribution < -0.4 is 10.0 Å². The Hall–Kier alpha value is -2.95. The molecule has 0 radical (unpaired) electrons. The highest BCUT2D eigenvalue weighted by molar-refractivity contribution is 7.89. The molecule has 1 fully saturated rings. The van der Waals surface area contributed by atoms with Gasteiger partial charge in [0.2, 0.25) is 10.0 Å². The van der Waals surface area contributed by atoms with Gasteiger partial charge < -0.3 is 18.8 Å². The SMILES string of the molecule is NS(=O)(=O)c1ccc(N2CCOCC2)c(C(=O)OCc2cn3ccccc3n2)c1. The maximum atomic E-state index is 12.8. The summed E-state index contributed by atoms with van der Waals surface area (Å²) in [7, 11) is -3.96. The molecule has 3 heterocycles. The molecule has 0 saturated carbocycles. The number of nitrogens with two attached hydrogens (primary N) is 1. The molecule has 4 rings (SSSR count). The Balaban J connectivity index is 1.60. The maximum Gasteiger partial charge on any atom is 0.340 e. The molecular formula is C19H20N4O5S. The van der Waals surface area contributed by atoms with Crippen molar-refractivity contribution in [1.29, 1.82) is 0 Å². The first kappa shape index (κ1) is 19.4. The first-order valence-electron chi connectivity index (χ1n) is 9.01. The third-order valence-corrected chi connectivity index (χ3v) is 5.54. The molecule has 1 aromatic carbocycles. The number of esters is 1. The number of imidazole rings is 1. The fourth-order valence-electron chi connectivity index (χ4n) is 3.21. The van der Waals surface area contributed by atoms with Gasteiger partial charge in [0.05, 0.1) is 35.1 Å². The average molecular weight is 416 g/mol. The van der Waals surface area contributed by atoms with E-state index in [-0.39, 0.29) is 17.1 Å². The second-order valence-corrected chi connectivity index (χ2v) is 8.16. The van der Waals surface area contributed by atoms with Crippen LogP contribution in [0.1, 0.15) is 16.1 Å². The minimum Gasteiger partial charge on any atom is -0.455 e. The van der Waals surface area contributed by atoms with Crippen LogP contribution in [0.15, 0.2) is 53.7 Å². The van der Waals surface area contributed by atoms with E-state index in [1.54, 1.807) is 12.3 Å². The molecule has 29 heavy (non-hydrogen) atoms. The minimum absolute atomic E-state index is 0.0390. The number of rotatable bonds is 5. The molecule has 0 spiro atoms. The summed E-state index contributed by atoms with van der Waals surface area (Å²) < 4.78 is 36.1. The molecule has 2 aromatic heterocycles. The summed E-state index contributed by atoms with van der Waals surface area (Å²) in [6.07, 6.45) is 3.62. The molecule has 0 unspecified atom stereocenters. The Morgan fingerprint density at radius 1 is 1.21 bits per heavy atom. The number of nitrogens with zero attached hydrogens (tertiary/aromatic N) is 3. The van der Waals surface area contributed by atoms with E-state index in [9.17, 15) is 13.2 Å². The average Bonchev–Trinajstić information content (AvgIpc) is 3.14. The van der Waals surface area contributed by atoms with Gasteiger partial charge in [0.25, 0.3) is 0 Å². The smallest absolute Gasteiger partial charge is 0.340 e. The topological polar surface area (TPSA) is 116 Å². The largest absolute Gasteiger partial charge is 0.455 e. The van der Waals surface area contributed by atoms with Crippen LogP contribution in [0.25, 0.3) is 5.65 Å². The maximum absolute atomic E-state index is 12.8. The Kier molecular flexibility index (Phi) is 5.22. The van der Waals surface area contributed by atoms with Crippen molar-refractivity contribution in [3.05, 3.63) is 60.0 Å². The van der Waals surface area contributed by atoms with Crippen molar-refractivity contribution in [1.82, 2.24) is 9.38 Å². The number of morpholine rings is 1. The third kappa shape index (κ3) is 4.24. The van der Waals surface area contributed by atoms with Crippen LogP contribution in [-0.4, -0.2) is 50.1 Å². The highest BCUT2D eigenvalue weighted by atomic mass is 32.2. The highest BCUT2D eigenvalue weighted by Gasteiger charge is 2.23. The monoisotopic (exact) mass is 416 g/mol. The molecule has 9 nitrogen and oxygen atoms in total. The second-order valence-electron chi connectivity index (χ2n) is 6.60. The number of carbonyl (C=O) groups is 1. The number of pyridine rings is 1. The van der Waals surface area contributed by atoms with E-state index in [2.05, 4.69) is 4.98 Å². The molecule has 152 valence electrons. The number of anilines is 1. The van der Waals surface area contributed by atoms with E-state index < -0.39 is 16.0 Å². The summed E-state index contributed by atoms with van der Waals surface area (Å²) in [6.45, 7) is 2.17. The Labute approximate surface area is 167 Å². The van der Waals surface area contributed by atoms with E-state index in [4.69, 9.17) is 14.6 Å². The normalized spacial score (nSPS) is 14.9. The van der Waals surface area contributed by atoms with Crippen molar-refractivity contribution in [2.45, 2.75) is 11.5 Å². The van der Waals surface area contributed by atoms with Crippen LogP contribution in [0, 0.1) is 0 Å². The number of hydrogen-bond acceptors (Lipinski definition) is 7.